The molecule has 2 rings (SSSR count). The van der Waals surface area contributed by atoms with Crippen LogP contribution in [0.3, 0.4) is 0 Å². The van der Waals surface area contributed by atoms with E-state index in [0.29, 0.717) is 26.0 Å². The number of non-ortho nitro benzene ring substituents is 1. The fourth-order valence-electron chi connectivity index (χ4n) is 2.84. The Labute approximate surface area is 129 Å². The maximum atomic E-state index is 12.2. The van der Waals surface area contributed by atoms with E-state index in [1.807, 2.05) is 0 Å². The Morgan fingerprint density at radius 2 is 2.09 bits per heavy atom. The zero-order valence-electron chi connectivity index (χ0n) is 12.6. The number of nitrogens with zero attached hydrogens (tertiary/aromatic N) is 2. The quantitative estimate of drug-likeness (QED) is 0.489. The average molecular weight is 307 g/mol. The maximum absolute atomic E-state index is 12.2. The molecule has 2 atom stereocenters. The minimum atomic E-state index is -0.438. The van der Waals surface area contributed by atoms with Crippen LogP contribution in [0.5, 0.6) is 0 Å². The molecule has 2 unspecified atom stereocenters. The minimum absolute atomic E-state index is 0.0328. The Hall–Kier alpha value is -1.99. The first-order chi connectivity index (χ1) is 10.5. The standard InChI is InChI=1S/C15H21N3O4/c1-22-10-2-9-17-14(19)8-7-13(16)15(17)11-3-5-12(6-4-11)18(20)21/h3-6,13,15H,2,7-10,16H2,1H3. The number of carbonyl (C=O) groups excluding carboxylic acids is 1. The van der Waals surface area contributed by atoms with Gasteiger partial charge in [0.15, 0.2) is 0 Å². The first kappa shape index (κ1) is 16.4. The third-order valence-electron chi connectivity index (χ3n) is 3.95. The van der Waals surface area contributed by atoms with E-state index in [9.17, 15) is 14.9 Å². The van der Waals surface area contributed by atoms with Gasteiger partial charge in [-0.1, -0.05) is 12.1 Å². The van der Waals surface area contributed by atoms with Gasteiger partial charge < -0.3 is 15.4 Å². The summed E-state index contributed by atoms with van der Waals surface area (Å²) in [6.07, 6.45) is 1.80. The summed E-state index contributed by atoms with van der Waals surface area (Å²) >= 11 is 0. The highest BCUT2D eigenvalue weighted by atomic mass is 16.6. The van der Waals surface area contributed by atoms with Gasteiger partial charge in [0, 0.05) is 44.9 Å². The molecule has 1 fully saturated rings. The molecule has 0 aliphatic carbocycles. The number of nitrogens with two attached hydrogens (primary N) is 1. The first-order valence-corrected chi connectivity index (χ1v) is 7.33. The third-order valence-corrected chi connectivity index (χ3v) is 3.95. The molecule has 0 bridgehead atoms. The second-order valence-corrected chi connectivity index (χ2v) is 5.43. The molecule has 1 aromatic rings. The monoisotopic (exact) mass is 307 g/mol. The normalized spacial score (nSPS) is 21.9. The number of hydrogen-bond acceptors (Lipinski definition) is 5. The number of likely N-dealkylation sites (tertiary alicyclic amines) is 1. The molecule has 1 aromatic carbocycles. The molecule has 1 aliphatic rings. The third kappa shape index (κ3) is 3.61. The predicted molar refractivity (Wildman–Crippen MR) is 81.3 cm³/mol. The topological polar surface area (TPSA) is 98.7 Å². The number of nitro benzene ring substituents is 1. The van der Waals surface area contributed by atoms with E-state index in [2.05, 4.69) is 0 Å². The summed E-state index contributed by atoms with van der Waals surface area (Å²) in [6.45, 7) is 1.15. The van der Waals surface area contributed by atoms with Crippen molar-refractivity contribution in [1.82, 2.24) is 4.90 Å². The van der Waals surface area contributed by atoms with Gasteiger partial charge in [-0.25, -0.2) is 0 Å². The molecule has 2 N–H and O–H groups in total. The van der Waals surface area contributed by atoms with Gasteiger partial charge in [-0.3, -0.25) is 14.9 Å². The van der Waals surface area contributed by atoms with Crippen molar-refractivity contribution in [3.05, 3.63) is 39.9 Å². The second-order valence-electron chi connectivity index (χ2n) is 5.43. The number of carbonyl (C=O) groups is 1. The van der Waals surface area contributed by atoms with Crippen molar-refractivity contribution in [2.45, 2.75) is 31.3 Å². The Morgan fingerprint density at radius 3 is 2.68 bits per heavy atom. The molecular formula is C15H21N3O4. The van der Waals surface area contributed by atoms with Gasteiger partial charge in [0.1, 0.15) is 0 Å². The Morgan fingerprint density at radius 1 is 1.41 bits per heavy atom. The zero-order valence-corrected chi connectivity index (χ0v) is 12.6. The Bertz CT molecular complexity index is 532. The van der Waals surface area contributed by atoms with E-state index in [4.69, 9.17) is 10.5 Å². The SMILES string of the molecule is COCCCN1C(=O)CCC(N)C1c1ccc([N+](=O)[O-])cc1. The molecule has 1 amide bonds. The molecule has 0 radical (unpaired) electrons. The van der Waals surface area contributed by atoms with Crippen LogP contribution in [0.2, 0.25) is 0 Å². The lowest BCUT2D eigenvalue weighted by atomic mass is 9.90. The van der Waals surface area contributed by atoms with Crippen molar-refractivity contribution < 1.29 is 14.5 Å². The summed E-state index contributed by atoms with van der Waals surface area (Å²) < 4.78 is 5.03. The van der Waals surface area contributed by atoms with E-state index in [0.717, 1.165) is 12.0 Å². The van der Waals surface area contributed by atoms with Crippen LogP contribution in [0.4, 0.5) is 5.69 Å². The van der Waals surface area contributed by atoms with Crippen LogP contribution in [0.25, 0.3) is 0 Å². The molecule has 1 aliphatic heterocycles. The lowest BCUT2D eigenvalue weighted by Gasteiger charge is -2.40. The molecular weight excluding hydrogens is 286 g/mol. The van der Waals surface area contributed by atoms with Gasteiger partial charge in [0.25, 0.3) is 5.69 Å². The molecule has 0 spiro atoms. The van der Waals surface area contributed by atoms with Crippen molar-refractivity contribution in [1.29, 1.82) is 0 Å². The fourth-order valence-corrected chi connectivity index (χ4v) is 2.84. The number of methoxy groups -OCH3 is 1. The van der Waals surface area contributed by atoms with Crippen LogP contribution in [0, 0.1) is 10.1 Å². The predicted octanol–water partition coefficient (Wildman–Crippen LogP) is 1.62. The van der Waals surface area contributed by atoms with Crippen molar-refractivity contribution in [2.24, 2.45) is 5.73 Å². The highest BCUT2D eigenvalue weighted by Crippen LogP contribution is 2.31. The number of benzene rings is 1. The van der Waals surface area contributed by atoms with Gasteiger partial charge in [-0.2, -0.15) is 0 Å². The number of amides is 1. The second kappa shape index (κ2) is 7.33. The van der Waals surface area contributed by atoms with E-state index >= 15 is 0 Å². The zero-order chi connectivity index (χ0) is 16.1. The Balaban J connectivity index is 2.21. The van der Waals surface area contributed by atoms with Gasteiger partial charge in [0.05, 0.1) is 11.0 Å². The van der Waals surface area contributed by atoms with Crippen LogP contribution in [-0.2, 0) is 9.53 Å². The highest BCUT2D eigenvalue weighted by molar-refractivity contribution is 5.78. The number of rotatable bonds is 6. The summed E-state index contributed by atoms with van der Waals surface area (Å²) in [5.41, 5.74) is 7.08. The van der Waals surface area contributed by atoms with Crippen LogP contribution in [0.15, 0.2) is 24.3 Å². The van der Waals surface area contributed by atoms with Gasteiger partial charge in [-0.15, -0.1) is 0 Å². The van der Waals surface area contributed by atoms with E-state index < -0.39 is 4.92 Å². The maximum Gasteiger partial charge on any atom is 0.269 e. The molecule has 0 saturated carbocycles. The van der Waals surface area contributed by atoms with Gasteiger partial charge in [0.2, 0.25) is 5.91 Å². The van der Waals surface area contributed by atoms with Crippen molar-refractivity contribution in [3.63, 3.8) is 0 Å². The van der Waals surface area contributed by atoms with E-state index in [1.165, 1.54) is 12.1 Å². The van der Waals surface area contributed by atoms with Crippen molar-refractivity contribution >= 4 is 11.6 Å². The van der Waals surface area contributed by atoms with E-state index in [1.54, 1.807) is 24.1 Å². The fraction of sp³-hybridized carbons (Fsp3) is 0.533. The summed E-state index contributed by atoms with van der Waals surface area (Å²) in [7, 11) is 1.62. The first-order valence-electron chi connectivity index (χ1n) is 7.33. The van der Waals surface area contributed by atoms with Gasteiger partial charge >= 0.3 is 0 Å². The molecule has 1 heterocycles. The van der Waals surface area contributed by atoms with Crippen LogP contribution >= 0.6 is 0 Å². The summed E-state index contributed by atoms with van der Waals surface area (Å²) in [4.78, 5) is 24.3. The summed E-state index contributed by atoms with van der Waals surface area (Å²) in [5.74, 6) is 0.0705. The van der Waals surface area contributed by atoms with E-state index in [-0.39, 0.29) is 23.7 Å². The highest BCUT2D eigenvalue weighted by Gasteiger charge is 2.34. The number of hydrogen-bond donors (Lipinski definition) is 1. The molecule has 7 nitrogen and oxygen atoms in total. The van der Waals surface area contributed by atoms with Crippen LogP contribution in [0.1, 0.15) is 30.9 Å². The molecule has 0 aromatic heterocycles. The van der Waals surface area contributed by atoms with Crippen molar-refractivity contribution in [3.8, 4) is 0 Å². The molecule has 1 saturated heterocycles. The largest absolute Gasteiger partial charge is 0.385 e. The molecule has 22 heavy (non-hydrogen) atoms. The number of nitro groups is 1. The lowest BCUT2D eigenvalue weighted by molar-refractivity contribution is -0.384. The Kier molecular flexibility index (Phi) is 5.46. The molecule has 7 heteroatoms. The minimum Gasteiger partial charge on any atom is -0.385 e. The van der Waals surface area contributed by atoms with Crippen LogP contribution < -0.4 is 5.73 Å². The number of ether oxygens (including phenoxy) is 1. The number of piperidine rings is 1. The van der Waals surface area contributed by atoms with Crippen molar-refractivity contribution in [2.75, 3.05) is 20.3 Å². The lowest BCUT2D eigenvalue weighted by Crippen LogP contribution is -2.49. The molecule has 120 valence electrons. The summed E-state index contributed by atoms with van der Waals surface area (Å²) in [5, 5.41) is 10.7. The average Bonchev–Trinajstić information content (AvgIpc) is 2.51. The summed E-state index contributed by atoms with van der Waals surface area (Å²) in [6, 6.07) is 5.87. The van der Waals surface area contributed by atoms with Crippen LogP contribution in [-0.4, -0.2) is 42.0 Å². The van der Waals surface area contributed by atoms with Gasteiger partial charge in [-0.05, 0) is 18.4 Å². The smallest absolute Gasteiger partial charge is 0.269 e.